The van der Waals surface area contributed by atoms with Crippen molar-refractivity contribution in [3.05, 3.63) is 17.2 Å². The molecule has 0 spiro atoms. The molecule has 0 aliphatic carbocycles. The zero-order valence-corrected chi connectivity index (χ0v) is 7.72. The second kappa shape index (κ2) is 3.82. The van der Waals surface area contributed by atoms with Gasteiger partial charge in [-0.25, -0.2) is 9.59 Å². The van der Waals surface area contributed by atoms with Gasteiger partial charge in [0.05, 0.1) is 12.7 Å². The fourth-order valence-electron chi connectivity index (χ4n) is 1.06. The van der Waals surface area contributed by atoms with Crippen molar-refractivity contribution in [2.75, 3.05) is 12.8 Å². The van der Waals surface area contributed by atoms with Gasteiger partial charge in [-0.2, -0.15) is 4.98 Å². The van der Waals surface area contributed by atoms with Crippen LogP contribution < -0.4 is 10.5 Å². The van der Waals surface area contributed by atoms with Crippen LogP contribution in [-0.4, -0.2) is 34.2 Å². The molecule has 1 aromatic rings. The van der Waals surface area contributed by atoms with Crippen molar-refractivity contribution in [1.82, 2.24) is 4.98 Å². The van der Waals surface area contributed by atoms with Crippen LogP contribution in [0.3, 0.4) is 0 Å². The number of aromatic carboxylic acids is 2. The summed E-state index contributed by atoms with van der Waals surface area (Å²) < 4.78 is 4.64. The van der Waals surface area contributed by atoms with E-state index in [9.17, 15) is 9.59 Å². The largest absolute Gasteiger partial charge is 0.480 e. The number of carbonyl (C=O) groups is 2. The molecule has 15 heavy (non-hydrogen) atoms. The van der Waals surface area contributed by atoms with Crippen molar-refractivity contribution in [2.45, 2.75) is 0 Å². The van der Waals surface area contributed by atoms with Crippen molar-refractivity contribution >= 4 is 17.8 Å². The summed E-state index contributed by atoms with van der Waals surface area (Å²) in [6, 6.07) is 0.967. The third kappa shape index (κ3) is 1.96. The van der Waals surface area contributed by atoms with Crippen LogP contribution in [0.2, 0.25) is 0 Å². The van der Waals surface area contributed by atoms with Crippen LogP contribution in [0.5, 0.6) is 5.88 Å². The molecule has 0 saturated carbocycles. The van der Waals surface area contributed by atoms with E-state index in [0.717, 1.165) is 6.07 Å². The number of carboxylic acid groups (broad SMARTS) is 2. The molecule has 4 N–H and O–H groups in total. The van der Waals surface area contributed by atoms with Crippen molar-refractivity contribution < 1.29 is 24.5 Å². The number of ether oxygens (including phenoxy) is 1. The summed E-state index contributed by atoms with van der Waals surface area (Å²) in [5.74, 6) is -3.27. The minimum absolute atomic E-state index is 0.116. The molecule has 1 heterocycles. The number of nitrogens with zero attached hydrogens (tertiary/aromatic N) is 1. The summed E-state index contributed by atoms with van der Waals surface area (Å²) in [6.07, 6.45) is 0. The van der Waals surface area contributed by atoms with E-state index in [2.05, 4.69) is 9.72 Å². The second-order valence-electron chi connectivity index (χ2n) is 2.59. The van der Waals surface area contributed by atoms with Crippen molar-refractivity contribution in [3.8, 4) is 5.88 Å². The van der Waals surface area contributed by atoms with E-state index in [-0.39, 0.29) is 11.7 Å². The van der Waals surface area contributed by atoms with E-state index in [1.165, 1.54) is 7.11 Å². The van der Waals surface area contributed by atoms with E-state index < -0.39 is 23.1 Å². The third-order valence-corrected chi connectivity index (χ3v) is 1.64. The summed E-state index contributed by atoms with van der Waals surface area (Å²) >= 11 is 0. The average Bonchev–Trinajstić information content (AvgIpc) is 2.15. The standard InChI is InChI=1S/C8H8N2O5/c1-15-6-5(8(13)14)3(7(11)12)2-4(9)10-6/h2H,1H3,(H2,9,10)(H,11,12)(H,13,14). The van der Waals surface area contributed by atoms with Crippen LogP contribution in [0.4, 0.5) is 5.82 Å². The molecule has 0 aromatic carbocycles. The number of aromatic nitrogens is 1. The van der Waals surface area contributed by atoms with Gasteiger partial charge in [0.1, 0.15) is 11.4 Å². The van der Waals surface area contributed by atoms with Gasteiger partial charge in [0.2, 0.25) is 5.88 Å². The summed E-state index contributed by atoms with van der Waals surface area (Å²) in [4.78, 5) is 25.1. The number of anilines is 1. The smallest absolute Gasteiger partial charge is 0.342 e. The first-order valence-corrected chi connectivity index (χ1v) is 3.78. The number of rotatable bonds is 3. The van der Waals surface area contributed by atoms with Gasteiger partial charge in [-0.15, -0.1) is 0 Å². The maximum Gasteiger partial charge on any atom is 0.342 e. The van der Waals surface area contributed by atoms with E-state index >= 15 is 0 Å². The van der Waals surface area contributed by atoms with E-state index in [4.69, 9.17) is 15.9 Å². The molecule has 0 radical (unpaired) electrons. The highest BCUT2D eigenvalue weighted by Gasteiger charge is 2.23. The highest BCUT2D eigenvalue weighted by atomic mass is 16.5. The van der Waals surface area contributed by atoms with Crippen molar-refractivity contribution in [1.29, 1.82) is 0 Å². The Bertz CT molecular complexity index is 429. The Morgan fingerprint density at radius 2 is 2.00 bits per heavy atom. The van der Waals surface area contributed by atoms with Gasteiger partial charge in [0.15, 0.2) is 0 Å². The number of methoxy groups -OCH3 is 1. The molecule has 0 fully saturated rings. The molecular formula is C8H8N2O5. The molecule has 0 atom stereocenters. The topological polar surface area (TPSA) is 123 Å². The van der Waals surface area contributed by atoms with Crippen molar-refractivity contribution in [2.24, 2.45) is 0 Å². The van der Waals surface area contributed by atoms with Gasteiger partial charge in [0, 0.05) is 0 Å². The molecule has 0 unspecified atom stereocenters. The first-order chi connectivity index (χ1) is 6.97. The summed E-state index contributed by atoms with van der Waals surface area (Å²) in [6.45, 7) is 0. The highest BCUT2D eigenvalue weighted by molar-refractivity contribution is 6.03. The molecule has 0 bridgehead atoms. The quantitative estimate of drug-likeness (QED) is 0.647. The first-order valence-electron chi connectivity index (χ1n) is 3.78. The summed E-state index contributed by atoms with van der Waals surface area (Å²) in [5.41, 5.74) is 4.33. The lowest BCUT2D eigenvalue weighted by Crippen LogP contribution is -2.12. The monoisotopic (exact) mass is 212 g/mol. The SMILES string of the molecule is COc1nc(N)cc(C(=O)O)c1C(=O)O. The van der Waals surface area contributed by atoms with E-state index in [0.29, 0.717) is 0 Å². The maximum absolute atomic E-state index is 10.8. The van der Waals surface area contributed by atoms with Crippen LogP contribution in [0.25, 0.3) is 0 Å². The molecule has 1 aromatic heterocycles. The number of carboxylic acids is 2. The van der Waals surface area contributed by atoms with E-state index in [1.54, 1.807) is 0 Å². The predicted molar refractivity (Wildman–Crippen MR) is 49.1 cm³/mol. The normalized spacial score (nSPS) is 9.67. The zero-order chi connectivity index (χ0) is 11.6. The molecule has 80 valence electrons. The zero-order valence-electron chi connectivity index (χ0n) is 7.72. The molecular weight excluding hydrogens is 204 g/mol. The van der Waals surface area contributed by atoms with Crippen molar-refractivity contribution in [3.63, 3.8) is 0 Å². The lowest BCUT2D eigenvalue weighted by Gasteiger charge is -2.07. The fraction of sp³-hybridized carbons (Fsp3) is 0.125. The molecule has 1 rings (SSSR count). The van der Waals surface area contributed by atoms with Crippen LogP contribution >= 0.6 is 0 Å². The number of nitrogen functional groups attached to an aromatic ring is 1. The number of hydrogen-bond acceptors (Lipinski definition) is 5. The van der Waals surface area contributed by atoms with Crippen LogP contribution in [-0.2, 0) is 0 Å². The van der Waals surface area contributed by atoms with Gasteiger partial charge >= 0.3 is 11.9 Å². The van der Waals surface area contributed by atoms with Gasteiger partial charge < -0.3 is 20.7 Å². The highest BCUT2D eigenvalue weighted by Crippen LogP contribution is 2.22. The number of hydrogen-bond donors (Lipinski definition) is 3. The lowest BCUT2D eigenvalue weighted by atomic mass is 10.1. The lowest BCUT2D eigenvalue weighted by molar-refractivity contribution is 0.0647. The Kier molecular flexibility index (Phi) is 2.75. The van der Waals surface area contributed by atoms with Crippen LogP contribution in [0, 0.1) is 0 Å². The molecule has 7 heteroatoms. The molecule has 7 nitrogen and oxygen atoms in total. The van der Waals surface area contributed by atoms with Gasteiger partial charge in [-0.3, -0.25) is 0 Å². The molecule has 0 aliphatic heterocycles. The predicted octanol–water partition coefficient (Wildman–Crippen LogP) is 0.0688. The Labute approximate surface area is 84.1 Å². The Balaban J connectivity index is 3.54. The second-order valence-corrected chi connectivity index (χ2v) is 2.59. The summed E-state index contributed by atoms with van der Waals surface area (Å²) in [7, 11) is 1.18. The summed E-state index contributed by atoms with van der Waals surface area (Å²) in [5, 5.41) is 17.5. The minimum atomic E-state index is -1.43. The Morgan fingerprint density at radius 1 is 1.40 bits per heavy atom. The molecule has 0 aliphatic rings. The molecule has 0 amide bonds. The first kappa shape index (κ1) is 10.8. The molecule has 0 saturated heterocycles. The van der Waals surface area contributed by atoms with Gasteiger partial charge in [0.25, 0.3) is 0 Å². The number of nitrogens with two attached hydrogens (primary N) is 1. The van der Waals surface area contributed by atoms with Gasteiger partial charge in [-0.1, -0.05) is 0 Å². The average molecular weight is 212 g/mol. The minimum Gasteiger partial charge on any atom is -0.480 e. The third-order valence-electron chi connectivity index (χ3n) is 1.64. The van der Waals surface area contributed by atoms with Crippen LogP contribution in [0.1, 0.15) is 20.7 Å². The van der Waals surface area contributed by atoms with E-state index in [1.807, 2.05) is 0 Å². The van der Waals surface area contributed by atoms with Crippen LogP contribution in [0.15, 0.2) is 6.07 Å². The fourth-order valence-corrected chi connectivity index (χ4v) is 1.06. The number of pyridine rings is 1. The maximum atomic E-state index is 10.8. The van der Waals surface area contributed by atoms with Gasteiger partial charge in [-0.05, 0) is 6.07 Å². The Morgan fingerprint density at radius 3 is 2.40 bits per heavy atom. The Hall–Kier alpha value is -2.31.